The molecule has 9 nitrogen and oxygen atoms in total. The van der Waals surface area contributed by atoms with Gasteiger partial charge in [-0.2, -0.15) is 10.0 Å². The average molecular weight is 402 g/mol. The zero-order chi connectivity index (χ0) is 21.1. The minimum absolute atomic E-state index is 0.0767. The van der Waals surface area contributed by atoms with Gasteiger partial charge < -0.3 is 4.74 Å². The van der Waals surface area contributed by atoms with Crippen LogP contribution in [0.1, 0.15) is 5.56 Å². The van der Waals surface area contributed by atoms with E-state index in [0.717, 1.165) is 5.56 Å². The number of anilines is 2. The summed E-state index contributed by atoms with van der Waals surface area (Å²) in [7, 11) is 1.56. The van der Waals surface area contributed by atoms with Gasteiger partial charge in [0.15, 0.2) is 5.84 Å². The van der Waals surface area contributed by atoms with E-state index in [0.29, 0.717) is 23.0 Å². The fourth-order valence-electron chi connectivity index (χ4n) is 2.86. The Balaban J connectivity index is 1.75. The molecular weight excluding hydrogens is 386 g/mol. The van der Waals surface area contributed by atoms with E-state index in [-0.39, 0.29) is 5.69 Å². The summed E-state index contributed by atoms with van der Waals surface area (Å²) >= 11 is 0. The highest BCUT2D eigenvalue weighted by Gasteiger charge is 2.32. The summed E-state index contributed by atoms with van der Waals surface area (Å²) in [4.78, 5) is 23.6. The van der Waals surface area contributed by atoms with E-state index in [1.54, 1.807) is 31.4 Å². The lowest BCUT2D eigenvalue weighted by molar-refractivity contribution is -0.384. The smallest absolute Gasteiger partial charge is 0.370 e. The van der Waals surface area contributed by atoms with Crippen LogP contribution in [0.3, 0.4) is 0 Å². The van der Waals surface area contributed by atoms with Gasteiger partial charge in [0.1, 0.15) is 5.75 Å². The number of carbonyl (C=O) groups excluding carboxylic acids is 1. The summed E-state index contributed by atoms with van der Waals surface area (Å²) in [5.41, 5.74) is 5.93. The van der Waals surface area contributed by atoms with Crippen molar-refractivity contribution in [2.24, 2.45) is 5.10 Å². The van der Waals surface area contributed by atoms with Gasteiger partial charge in [-0.1, -0.05) is 30.3 Å². The highest BCUT2D eigenvalue weighted by molar-refractivity contribution is 6.12. The SMILES string of the molecule is COc1ccc(N2N=C(c3ccccc3)[N]N(c3ccc([N+](=O)[O-])cc3)C2=O)cc1. The maximum Gasteiger partial charge on any atom is 0.370 e. The van der Waals surface area contributed by atoms with Crippen molar-refractivity contribution in [1.82, 2.24) is 5.43 Å². The van der Waals surface area contributed by atoms with E-state index in [1.807, 2.05) is 30.3 Å². The second-order valence-corrected chi connectivity index (χ2v) is 6.27. The van der Waals surface area contributed by atoms with Crippen molar-refractivity contribution < 1.29 is 14.5 Å². The quantitative estimate of drug-likeness (QED) is 0.476. The van der Waals surface area contributed by atoms with Crippen molar-refractivity contribution in [2.45, 2.75) is 0 Å². The number of rotatable bonds is 5. The van der Waals surface area contributed by atoms with Crippen LogP contribution in [-0.2, 0) is 0 Å². The third kappa shape index (κ3) is 3.63. The number of hydrogen-bond donors (Lipinski definition) is 0. The Hall–Kier alpha value is -4.40. The maximum absolute atomic E-state index is 13.2. The number of hydrazone groups is 1. The van der Waals surface area contributed by atoms with E-state index in [9.17, 15) is 14.9 Å². The van der Waals surface area contributed by atoms with Gasteiger partial charge in [-0.05, 0) is 36.4 Å². The third-order valence-electron chi connectivity index (χ3n) is 4.41. The summed E-state index contributed by atoms with van der Waals surface area (Å²) in [5, 5.41) is 17.8. The average Bonchev–Trinajstić information content (AvgIpc) is 2.80. The lowest BCUT2D eigenvalue weighted by Gasteiger charge is -2.31. The highest BCUT2D eigenvalue weighted by atomic mass is 16.6. The van der Waals surface area contributed by atoms with Crippen LogP contribution in [0.25, 0.3) is 0 Å². The summed E-state index contributed by atoms with van der Waals surface area (Å²) in [5.74, 6) is 0.969. The number of nitrogens with zero attached hydrogens (tertiary/aromatic N) is 5. The summed E-state index contributed by atoms with van der Waals surface area (Å²) in [6, 6.07) is 21.2. The fraction of sp³-hybridized carbons (Fsp3) is 0.0476. The van der Waals surface area contributed by atoms with Gasteiger partial charge in [-0.15, -0.1) is 10.5 Å². The molecule has 4 rings (SSSR count). The molecule has 0 bridgehead atoms. The number of hydrogen-bond acceptors (Lipinski definition) is 5. The van der Waals surface area contributed by atoms with E-state index in [2.05, 4.69) is 10.5 Å². The van der Waals surface area contributed by atoms with Gasteiger partial charge in [0, 0.05) is 17.7 Å². The first-order valence-corrected chi connectivity index (χ1v) is 8.95. The first-order chi connectivity index (χ1) is 14.6. The number of non-ortho nitro benzene ring substituents is 1. The number of nitro groups is 1. The van der Waals surface area contributed by atoms with Gasteiger partial charge in [0.05, 0.1) is 23.4 Å². The van der Waals surface area contributed by atoms with E-state index in [1.165, 1.54) is 34.3 Å². The molecule has 0 saturated carbocycles. The molecule has 0 spiro atoms. The molecule has 0 aliphatic carbocycles. The monoisotopic (exact) mass is 402 g/mol. The molecule has 149 valence electrons. The second-order valence-electron chi connectivity index (χ2n) is 6.27. The van der Waals surface area contributed by atoms with Crippen LogP contribution < -0.4 is 20.2 Å². The molecule has 0 aromatic heterocycles. The van der Waals surface area contributed by atoms with Crippen LogP contribution in [0, 0.1) is 10.1 Å². The molecule has 0 unspecified atom stereocenters. The molecule has 3 aromatic rings. The number of amidine groups is 1. The van der Waals surface area contributed by atoms with Gasteiger partial charge in [-0.3, -0.25) is 10.1 Å². The predicted molar refractivity (Wildman–Crippen MR) is 112 cm³/mol. The zero-order valence-electron chi connectivity index (χ0n) is 15.9. The number of urea groups is 1. The second kappa shape index (κ2) is 7.92. The molecule has 0 fully saturated rings. The Morgan fingerprint density at radius 1 is 0.867 bits per heavy atom. The number of benzene rings is 3. The first-order valence-electron chi connectivity index (χ1n) is 8.95. The van der Waals surface area contributed by atoms with Crippen molar-refractivity contribution in [3.8, 4) is 5.75 Å². The number of carbonyl (C=O) groups is 1. The van der Waals surface area contributed by atoms with Crippen molar-refractivity contribution >= 4 is 28.9 Å². The molecule has 9 heteroatoms. The molecule has 0 saturated heterocycles. The molecule has 0 atom stereocenters. The largest absolute Gasteiger partial charge is 0.497 e. The summed E-state index contributed by atoms with van der Waals surface area (Å²) in [6.07, 6.45) is 0. The van der Waals surface area contributed by atoms with Crippen molar-refractivity contribution in [2.75, 3.05) is 17.1 Å². The van der Waals surface area contributed by atoms with Crippen LogP contribution in [0.5, 0.6) is 5.75 Å². The van der Waals surface area contributed by atoms with Crippen LogP contribution in [0.2, 0.25) is 0 Å². The lowest BCUT2D eigenvalue weighted by Crippen LogP contribution is -2.52. The fourth-order valence-corrected chi connectivity index (χ4v) is 2.86. The Kier molecular flexibility index (Phi) is 5.00. The Morgan fingerprint density at radius 3 is 2.07 bits per heavy atom. The minimum atomic E-state index is -0.520. The molecule has 2 amide bonds. The molecule has 1 radical (unpaired) electrons. The molecule has 3 aromatic carbocycles. The topological polar surface area (TPSA) is 102 Å². The molecular formula is C21H16N5O4. The Morgan fingerprint density at radius 2 is 1.47 bits per heavy atom. The maximum atomic E-state index is 13.2. The van der Waals surface area contributed by atoms with Crippen LogP contribution in [0.15, 0.2) is 84.0 Å². The number of nitro benzene ring substituents is 1. The molecule has 30 heavy (non-hydrogen) atoms. The first kappa shape index (κ1) is 18.9. The predicted octanol–water partition coefficient (Wildman–Crippen LogP) is 3.93. The number of amides is 2. The van der Waals surface area contributed by atoms with Crippen molar-refractivity contribution in [3.05, 3.63) is 94.5 Å². The summed E-state index contributed by atoms with van der Waals surface area (Å²) in [6.45, 7) is 0. The van der Waals surface area contributed by atoms with E-state index < -0.39 is 11.0 Å². The van der Waals surface area contributed by atoms with Gasteiger partial charge >= 0.3 is 6.03 Å². The van der Waals surface area contributed by atoms with E-state index in [4.69, 9.17) is 4.74 Å². The minimum Gasteiger partial charge on any atom is -0.497 e. The van der Waals surface area contributed by atoms with Crippen LogP contribution >= 0.6 is 0 Å². The zero-order valence-corrected chi connectivity index (χ0v) is 15.9. The molecule has 1 aliphatic rings. The number of methoxy groups -OCH3 is 1. The number of ether oxygens (including phenoxy) is 1. The van der Waals surface area contributed by atoms with Crippen molar-refractivity contribution in [3.63, 3.8) is 0 Å². The van der Waals surface area contributed by atoms with Gasteiger partial charge in [0.2, 0.25) is 0 Å². The van der Waals surface area contributed by atoms with Crippen molar-refractivity contribution in [1.29, 1.82) is 0 Å². The van der Waals surface area contributed by atoms with Gasteiger partial charge in [0.25, 0.3) is 5.69 Å². The van der Waals surface area contributed by atoms with E-state index >= 15 is 0 Å². The normalized spacial score (nSPS) is 13.5. The standard InChI is InChI=1S/C21H16N5O4/c1-30-19-13-11-17(12-14-19)25-21(27)24(16-7-9-18(10-8-16)26(28)29)22-20(23-25)15-5-3-2-4-6-15/h2-14H,1H3. The van der Waals surface area contributed by atoms with Crippen LogP contribution in [-0.4, -0.2) is 23.9 Å². The van der Waals surface area contributed by atoms with Gasteiger partial charge in [-0.25, -0.2) is 4.79 Å². The highest BCUT2D eigenvalue weighted by Crippen LogP contribution is 2.27. The molecule has 0 N–H and O–H groups in total. The summed E-state index contributed by atoms with van der Waals surface area (Å²) < 4.78 is 5.17. The Labute approximate surface area is 171 Å². The molecule has 1 aliphatic heterocycles. The van der Waals surface area contributed by atoms with Crippen LogP contribution in [0.4, 0.5) is 21.9 Å². The lowest BCUT2D eigenvalue weighted by atomic mass is 10.2. The Bertz CT molecular complexity index is 1100. The molecule has 1 heterocycles. The third-order valence-corrected chi connectivity index (χ3v) is 4.41.